The quantitative estimate of drug-likeness (QED) is 0.844. The average Bonchev–Trinajstić information content (AvgIpc) is 2.62. The van der Waals surface area contributed by atoms with Crippen molar-refractivity contribution in [3.63, 3.8) is 0 Å². The zero-order chi connectivity index (χ0) is 17.6. The maximum absolute atomic E-state index is 12.9. The largest absolute Gasteiger partial charge is 0.378 e. The molecule has 5 heteroatoms. The number of hydrogen-bond donors (Lipinski definition) is 0. The van der Waals surface area contributed by atoms with Crippen molar-refractivity contribution in [1.82, 2.24) is 9.47 Å². The summed E-state index contributed by atoms with van der Waals surface area (Å²) in [5, 5.41) is 0. The van der Waals surface area contributed by atoms with Crippen LogP contribution in [-0.4, -0.2) is 42.6 Å². The molecule has 5 nitrogen and oxygen atoms in total. The number of fused-ring (bicyclic) bond motifs is 4. The molecule has 1 saturated heterocycles. The molecule has 0 aliphatic carbocycles. The van der Waals surface area contributed by atoms with Crippen LogP contribution < -0.4 is 10.5 Å². The first-order valence-corrected chi connectivity index (χ1v) is 8.79. The van der Waals surface area contributed by atoms with E-state index < -0.39 is 0 Å². The lowest BCUT2D eigenvalue weighted by molar-refractivity contribution is 0.0594. The fourth-order valence-electron chi connectivity index (χ4n) is 4.15. The van der Waals surface area contributed by atoms with Gasteiger partial charge in [0.05, 0.1) is 0 Å². The van der Waals surface area contributed by atoms with Crippen LogP contribution in [0.1, 0.15) is 28.4 Å². The van der Waals surface area contributed by atoms with Crippen molar-refractivity contribution in [1.29, 1.82) is 0 Å². The number of carbonyl (C=O) groups excluding carboxylic acids is 1. The zero-order valence-electron chi connectivity index (χ0n) is 14.7. The van der Waals surface area contributed by atoms with Crippen LogP contribution in [0.3, 0.4) is 0 Å². The molecule has 4 rings (SSSR count). The summed E-state index contributed by atoms with van der Waals surface area (Å²) in [6.45, 7) is 2.13. The maximum atomic E-state index is 12.9. The molecule has 0 saturated carbocycles. The summed E-state index contributed by atoms with van der Waals surface area (Å²) in [7, 11) is 3.98. The van der Waals surface area contributed by atoms with Gasteiger partial charge in [-0.25, -0.2) is 0 Å². The van der Waals surface area contributed by atoms with Gasteiger partial charge < -0.3 is 14.4 Å². The Hall–Kier alpha value is -2.56. The summed E-state index contributed by atoms with van der Waals surface area (Å²) in [5.74, 6) is 0.703. The highest BCUT2D eigenvalue weighted by atomic mass is 16.2. The van der Waals surface area contributed by atoms with E-state index in [1.165, 1.54) is 0 Å². The van der Waals surface area contributed by atoms with Gasteiger partial charge in [0.1, 0.15) is 0 Å². The van der Waals surface area contributed by atoms with Gasteiger partial charge in [-0.15, -0.1) is 0 Å². The normalized spacial score (nSPS) is 21.6. The fourth-order valence-corrected chi connectivity index (χ4v) is 4.15. The van der Waals surface area contributed by atoms with Crippen LogP contribution in [0.4, 0.5) is 5.69 Å². The van der Waals surface area contributed by atoms with Gasteiger partial charge in [0.2, 0.25) is 0 Å². The first-order valence-electron chi connectivity index (χ1n) is 8.79. The van der Waals surface area contributed by atoms with E-state index >= 15 is 0 Å². The Morgan fingerprint density at radius 2 is 1.80 bits per heavy atom. The molecule has 0 radical (unpaired) electrons. The first-order chi connectivity index (χ1) is 12.0. The van der Waals surface area contributed by atoms with Crippen molar-refractivity contribution in [2.75, 3.05) is 32.1 Å². The molecule has 0 spiro atoms. The highest BCUT2D eigenvalue weighted by Gasteiger charge is 2.36. The van der Waals surface area contributed by atoms with Crippen molar-refractivity contribution in [2.24, 2.45) is 5.92 Å². The Morgan fingerprint density at radius 1 is 1.04 bits per heavy atom. The molecular formula is C20H23N3O2. The Kier molecular flexibility index (Phi) is 3.86. The number of rotatable bonds is 2. The molecule has 0 N–H and O–H groups in total. The number of pyridine rings is 1. The van der Waals surface area contributed by atoms with Crippen LogP contribution in [0, 0.1) is 5.92 Å². The number of piperidine rings is 1. The Labute approximate surface area is 147 Å². The lowest BCUT2D eigenvalue weighted by atomic mass is 9.83. The summed E-state index contributed by atoms with van der Waals surface area (Å²) in [4.78, 5) is 29.0. The van der Waals surface area contributed by atoms with Crippen molar-refractivity contribution in [3.05, 3.63) is 64.1 Å². The standard InChI is InChI=1S/C20H23N3O2/c1-21(2)17-8-6-15(7-9-17)20(25)22-11-14-10-16(13-22)18-4-3-5-19(24)23(18)12-14/h3-9,14,16H,10-13H2,1-2H3. The number of nitrogens with zero attached hydrogens (tertiary/aromatic N) is 3. The predicted molar refractivity (Wildman–Crippen MR) is 98.2 cm³/mol. The number of carbonyl (C=O) groups is 1. The van der Waals surface area contributed by atoms with Gasteiger partial charge in [-0.2, -0.15) is 0 Å². The van der Waals surface area contributed by atoms with Crippen LogP contribution >= 0.6 is 0 Å². The summed E-state index contributed by atoms with van der Waals surface area (Å²) < 4.78 is 1.90. The Morgan fingerprint density at radius 3 is 2.52 bits per heavy atom. The van der Waals surface area contributed by atoms with Gasteiger partial charge in [0.15, 0.2) is 0 Å². The molecule has 2 aliphatic heterocycles. The van der Waals surface area contributed by atoms with E-state index in [4.69, 9.17) is 0 Å². The highest BCUT2D eigenvalue weighted by molar-refractivity contribution is 5.94. The lowest BCUT2D eigenvalue weighted by Crippen LogP contribution is -2.49. The number of anilines is 1. The molecule has 2 aliphatic rings. The van der Waals surface area contributed by atoms with Crippen LogP contribution in [0.5, 0.6) is 0 Å². The number of hydrogen-bond acceptors (Lipinski definition) is 3. The van der Waals surface area contributed by atoms with Crippen LogP contribution in [0.25, 0.3) is 0 Å². The molecule has 2 aromatic rings. The Balaban J connectivity index is 1.57. The van der Waals surface area contributed by atoms with Crippen molar-refractivity contribution < 1.29 is 4.79 Å². The monoisotopic (exact) mass is 337 g/mol. The lowest BCUT2D eigenvalue weighted by Gasteiger charge is -2.42. The van der Waals surface area contributed by atoms with E-state index in [1.807, 2.05) is 64.9 Å². The third-order valence-corrected chi connectivity index (χ3v) is 5.40. The Bertz CT molecular complexity index is 854. The van der Waals surface area contributed by atoms with E-state index in [1.54, 1.807) is 6.07 Å². The smallest absolute Gasteiger partial charge is 0.253 e. The highest BCUT2D eigenvalue weighted by Crippen LogP contribution is 2.35. The molecule has 3 heterocycles. The minimum atomic E-state index is 0.0752. The van der Waals surface area contributed by atoms with E-state index in [9.17, 15) is 9.59 Å². The summed E-state index contributed by atoms with van der Waals surface area (Å²) >= 11 is 0. The molecule has 1 aromatic carbocycles. The van der Waals surface area contributed by atoms with Crippen molar-refractivity contribution in [3.8, 4) is 0 Å². The van der Waals surface area contributed by atoms with Crippen molar-refractivity contribution >= 4 is 11.6 Å². The van der Waals surface area contributed by atoms with Crippen molar-refractivity contribution in [2.45, 2.75) is 18.9 Å². The molecule has 2 atom stereocenters. The van der Waals surface area contributed by atoms with Gasteiger partial charge in [0.25, 0.3) is 11.5 Å². The molecule has 2 bridgehead atoms. The number of aromatic nitrogens is 1. The SMILES string of the molecule is CN(C)c1ccc(C(=O)N2CC3CC(C2)c2cccc(=O)n2C3)cc1. The second-order valence-corrected chi connectivity index (χ2v) is 7.35. The first kappa shape index (κ1) is 15.9. The van der Waals surface area contributed by atoms with E-state index in [0.717, 1.165) is 36.5 Å². The molecular weight excluding hydrogens is 314 g/mol. The minimum Gasteiger partial charge on any atom is -0.378 e. The second kappa shape index (κ2) is 6.06. The van der Waals surface area contributed by atoms with E-state index in [-0.39, 0.29) is 17.4 Å². The molecule has 1 fully saturated rings. The van der Waals surface area contributed by atoms with Crippen LogP contribution in [0.2, 0.25) is 0 Å². The molecule has 1 amide bonds. The topological polar surface area (TPSA) is 45.6 Å². The van der Waals surface area contributed by atoms with Crippen LogP contribution in [-0.2, 0) is 6.54 Å². The van der Waals surface area contributed by atoms with Gasteiger partial charge in [-0.05, 0) is 42.7 Å². The summed E-state index contributed by atoms with van der Waals surface area (Å²) in [5.41, 5.74) is 2.96. The summed E-state index contributed by atoms with van der Waals surface area (Å²) in [6, 6.07) is 13.2. The molecule has 2 unspecified atom stereocenters. The van der Waals surface area contributed by atoms with Gasteiger partial charge in [-0.1, -0.05) is 6.07 Å². The van der Waals surface area contributed by atoms with Crippen LogP contribution in [0.15, 0.2) is 47.3 Å². The maximum Gasteiger partial charge on any atom is 0.253 e. The average molecular weight is 337 g/mol. The zero-order valence-corrected chi connectivity index (χ0v) is 14.7. The minimum absolute atomic E-state index is 0.0752. The van der Waals surface area contributed by atoms with Gasteiger partial charge in [0, 0.05) is 62.7 Å². The number of likely N-dealkylation sites (tertiary alicyclic amines) is 1. The third-order valence-electron chi connectivity index (χ3n) is 5.40. The number of benzene rings is 1. The van der Waals surface area contributed by atoms with Gasteiger partial charge in [-0.3, -0.25) is 9.59 Å². The molecule has 1 aromatic heterocycles. The predicted octanol–water partition coefficient (Wildman–Crippen LogP) is 2.17. The molecule has 25 heavy (non-hydrogen) atoms. The van der Waals surface area contributed by atoms with Gasteiger partial charge >= 0.3 is 0 Å². The third kappa shape index (κ3) is 2.84. The van der Waals surface area contributed by atoms with E-state index in [2.05, 4.69) is 0 Å². The number of amides is 1. The second-order valence-electron chi connectivity index (χ2n) is 7.35. The van der Waals surface area contributed by atoms with E-state index in [0.29, 0.717) is 12.5 Å². The summed E-state index contributed by atoms with van der Waals surface area (Å²) in [6.07, 6.45) is 1.06. The fraction of sp³-hybridized carbons (Fsp3) is 0.400. The molecule has 130 valence electrons.